The Hall–Kier alpha value is -3.02. The summed E-state index contributed by atoms with van der Waals surface area (Å²) in [6.07, 6.45) is 0.0404. The third-order valence-electron chi connectivity index (χ3n) is 5.13. The summed E-state index contributed by atoms with van der Waals surface area (Å²) in [4.78, 5) is 36.0. The normalized spacial score (nSPS) is 22.2. The number of hydrogen-bond donors (Lipinski definition) is 0. The Morgan fingerprint density at radius 3 is 2.54 bits per heavy atom. The van der Waals surface area contributed by atoms with E-state index in [4.69, 9.17) is 4.74 Å². The van der Waals surface area contributed by atoms with Crippen LogP contribution in [0.1, 0.15) is 41.3 Å². The second-order valence-corrected chi connectivity index (χ2v) is 6.65. The minimum absolute atomic E-state index is 0.000725. The van der Waals surface area contributed by atoms with Gasteiger partial charge in [-0.2, -0.15) is 0 Å². The van der Waals surface area contributed by atoms with E-state index in [1.54, 1.807) is 19.9 Å². The SMILES string of the molecule is Cc1cccc([N+](=O)[O-])c1C(=O)O[C@H]1CCC(=O)[C@@]1(C)c1ccccc1. The molecule has 0 aliphatic heterocycles. The van der Waals surface area contributed by atoms with Crippen LogP contribution >= 0.6 is 0 Å². The van der Waals surface area contributed by atoms with Crippen LogP contribution in [0.25, 0.3) is 0 Å². The molecule has 6 nitrogen and oxygen atoms in total. The van der Waals surface area contributed by atoms with Crippen molar-refractivity contribution in [3.63, 3.8) is 0 Å². The Morgan fingerprint density at radius 1 is 1.19 bits per heavy atom. The van der Waals surface area contributed by atoms with Crippen LogP contribution in [-0.2, 0) is 14.9 Å². The average molecular weight is 353 g/mol. The van der Waals surface area contributed by atoms with Crippen LogP contribution in [0, 0.1) is 17.0 Å². The molecule has 134 valence electrons. The molecule has 26 heavy (non-hydrogen) atoms. The largest absolute Gasteiger partial charge is 0.457 e. The van der Waals surface area contributed by atoms with Crippen LogP contribution in [0.5, 0.6) is 0 Å². The number of aryl methyl sites for hydroxylation is 1. The van der Waals surface area contributed by atoms with E-state index < -0.39 is 22.4 Å². The predicted molar refractivity (Wildman–Crippen MR) is 95.1 cm³/mol. The molecule has 6 heteroatoms. The van der Waals surface area contributed by atoms with Crippen molar-refractivity contribution in [1.82, 2.24) is 0 Å². The number of Topliss-reactive ketones (excluding diaryl/α,β-unsaturated/α-hetero) is 1. The standard InChI is InChI=1S/C20H19NO5/c1-13-7-6-10-15(21(24)25)18(13)19(23)26-17-12-11-16(22)20(17,2)14-8-4-3-5-9-14/h3-10,17H,11-12H2,1-2H3/t17-,20+/m0/s1. The molecule has 0 spiro atoms. The Labute approximate surface area is 150 Å². The van der Waals surface area contributed by atoms with Gasteiger partial charge >= 0.3 is 5.97 Å². The molecule has 0 bridgehead atoms. The third-order valence-corrected chi connectivity index (χ3v) is 5.13. The van der Waals surface area contributed by atoms with Gasteiger partial charge in [-0.05, 0) is 31.4 Å². The molecule has 0 aromatic heterocycles. The minimum atomic E-state index is -0.950. The molecular formula is C20H19NO5. The van der Waals surface area contributed by atoms with Gasteiger partial charge in [0.05, 0.1) is 10.3 Å². The smallest absolute Gasteiger partial charge is 0.345 e. The lowest BCUT2D eigenvalue weighted by atomic mass is 9.78. The molecule has 2 aromatic carbocycles. The summed E-state index contributed by atoms with van der Waals surface area (Å²) in [5, 5.41) is 11.3. The van der Waals surface area contributed by atoms with E-state index in [2.05, 4.69) is 0 Å². The molecule has 0 saturated heterocycles. The van der Waals surface area contributed by atoms with Crippen molar-refractivity contribution in [2.24, 2.45) is 0 Å². The first-order chi connectivity index (χ1) is 12.4. The first-order valence-electron chi connectivity index (χ1n) is 8.39. The molecule has 1 saturated carbocycles. The summed E-state index contributed by atoms with van der Waals surface area (Å²) < 4.78 is 5.65. The number of ketones is 1. The molecule has 0 heterocycles. The molecule has 2 aromatic rings. The Kier molecular flexibility index (Phi) is 4.59. The monoisotopic (exact) mass is 353 g/mol. The van der Waals surface area contributed by atoms with E-state index in [9.17, 15) is 19.7 Å². The lowest BCUT2D eigenvalue weighted by molar-refractivity contribution is -0.385. The van der Waals surface area contributed by atoms with Crippen LogP contribution in [0.3, 0.4) is 0 Å². The summed E-state index contributed by atoms with van der Waals surface area (Å²) in [5.74, 6) is -0.766. The van der Waals surface area contributed by atoms with Crippen molar-refractivity contribution < 1.29 is 19.2 Å². The van der Waals surface area contributed by atoms with Crippen molar-refractivity contribution >= 4 is 17.4 Å². The number of rotatable bonds is 4. The fraction of sp³-hybridized carbons (Fsp3) is 0.300. The van der Waals surface area contributed by atoms with E-state index >= 15 is 0 Å². The number of esters is 1. The maximum atomic E-state index is 12.7. The van der Waals surface area contributed by atoms with Gasteiger partial charge in [0.2, 0.25) is 0 Å². The van der Waals surface area contributed by atoms with Gasteiger partial charge in [-0.25, -0.2) is 4.79 Å². The highest BCUT2D eigenvalue weighted by molar-refractivity contribution is 5.97. The molecular weight excluding hydrogens is 334 g/mol. The summed E-state index contributed by atoms with van der Waals surface area (Å²) >= 11 is 0. The number of hydrogen-bond acceptors (Lipinski definition) is 5. The van der Waals surface area contributed by atoms with E-state index in [0.717, 1.165) is 5.56 Å². The van der Waals surface area contributed by atoms with Crippen LogP contribution in [-0.4, -0.2) is 22.8 Å². The van der Waals surface area contributed by atoms with Gasteiger partial charge in [-0.1, -0.05) is 42.5 Å². The number of nitro benzene ring substituents is 1. The maximum absolute atomic E-state index is 12.7. The Balaban J connectivity index is 1.95. The van der Waals surface area contributed by atoms with Gasteiger partial charge in [-0.15, -0.1) is 0 Å². The number of nitro groups is 1. The molecule has 0 amide bonds. The molecule has 0 radical (unpaired) electrons. The Morgan fingerprint density at radius 2 is 1.88 bits per heavy atom. The highest BCUT2D eigenvalue weighted by Crippen LogP contribution is 2.40. The molecule has 1 fully saturated rings. The van der Waals surface area contributed by atoms with Gasteiger partial charge in [0.1, 0.15) is 17.5 Å². The zero-order chi connectivity index (χ0) is 18.9. The maximum Gasteiger partial charge on any atom is 0.345 e. The average Bonchev–Trinajstić information content (AvgIpc) is 2.91. The first kappa shape index (κ1) is 17.8. The summed E-state index contributed by atoms with van der Waals surface area (Å²) in [5.41, 5.74) is -0.0588. The van der Waals surface area contributed by atoms with Crippen molar-refractivity contribution in [3.05, 3.63) is 75.3 Å². The van der Waals surface area contributed by atoms with Crippen LogP contribution in [0.2, 0.25) is 0 Å². The van der Waals surface area contributed by atoms with Gasteiger partial charge in [0, 0.05) is 12.5 Å². The van der Waals surface area contributed by atoms with Crippen LogP contribution < -0.4 is 0 Å². The molecule has 1 aliphatic rings. The zero-order valence-electron chi connectivity index (χ0n) is 14.6. The third kappa shape index (κ3) is 2.87. The van der Waals surface area contributed by atoms with Gasteiger partial charge in [0.25, 0.3) is 5.69 Å². The number of carbonyl (C=O) groups excluding carboxylic acids is 2. The zero-order valence-corrected chi connectivity index (χ0v) is 14.6. The van der Waals surface area contributed by atoms with Crippen molar-refractivity contribution in [2.75, 3.05) is 0 Å². The van der Waals surface area contributed by atoms with Crippen LogP contribution in [0.4, 0.5) is 5.69 Å². The van der Waals surface area contributed by atoms with Gasteiger partial charge < -0.3 is 4.74 Å². The highest BCUT2D eigenvalue weighted by Gasteiger charge is 2.50. The van der Waals surface area contributed by atoms with Crippen molar-refractivity contribution in [1.29, 1.82) is 0 Å². The topological polar surface area (TPSA) is 86.5 Å². The second-order valence-electron chi connectivity index (χ2n) is 6.65. The number of carbonyl (C=O) groups is 2. The van der Waals surface area contributed by atoms with E-state index in [0.29, 0.717) is 18.4 Å². The predicted octanol–water partition coefficient (Wildman–Crippen LogP) is 3.75. The van der Waals surface area contributed by atoms with Gasteiger partial charge in [-0.3, -0.25) is 14.9 Å². The number of ether oxygens (including phenoxy) is 1. The van der Waals surface area contributed by atoms with Crippen LogP contribution in [0.15, 0.2) is 48.5 Å². The second kappa shape index (κ2) is 6.71. The lowest BCUT2D eigenvalue weighted by Gasteiger charge is -2.30. The minimum Gasteiger partial charge on any atom is -0.457 e. The number of nitrogens with zero attached hydrogens (tertiary/aromatic N) is 1. The summed E-state index contributed by atoms with van der Waals surface area (Å²) in [7, 11) is 0. The van der Waals surface area contributed by atoms with E-state index in [1.807, 2.05) is 30.3 Å². The lowest BCUT2D eigenvalue weighted by Crippen LogP contribution is -2.40. The number of benzene rings is 2. The highest BCUT2D eigenvalue weighted by atomic mass is 16.6. The van der Waals surface area contributed by atoms with Crippen molar-refractivity contribution in [3.8, 4) is 0 Å². The molecule has 0 unspecified atom stereocenters. The molecule has 1 aliphatic carbocycles. The molecule has 0 N–H and O–H groups in total. The fourth-order valence-electron chi connectivity index (χ4n) is 3.56. The van der Waals surface area contributed by atoms with E-state index in [1.165, 1.54) is 12.1 Å². The van der Waals surface area contributed by atoms with Gasteiger partial charge in [0.15, 0.2) is 0 Å². The fourth-order valence-corrected chi connectivity index (χ4v) is 3.56. The van der Waals surface area contributed by atoms with Crippen molar-refractivity contribution in [2.45, 2.75) is 38.2 Å². The molecule has 3 rings (SSSR count). The first-order valence-corrected chi connectivity index (χ1v) is 8.39. The quantitative estimate of drug-likeness (QED) is 0.475. The summed E-state index contributed by atoms with van der Waals surface area (Å²) in [6.45, 7) is 3.39. The Bertz CT molecular complexity index is 877. The molecule has 2 atom stereocenters. The van der Waals surface area contributed by atoms with E-state index in [-0.39, 0.29) is 17.0 Å². The summed E-state index contributed by atoms with van der Waals surface area (Å²) in [6, 6.07) is 13.6.